The first kappa shape index (κ1) is 23.3. The van der Waals surface area contributed by atoms with E-state index in [0.29, 0.717) is 16.4 Å². The molecule has 0 unspecified atom stereocenters. The highest BCUT2D eigenvalue weighted by atomic mass is 35.5. The summed E-state index contributed by atoms with van der Waals surface area (Å²) in [7, 11) is -0.763. The molecule has 0 bridgehead atoms. The zero-order valence-electron chi connectivity index (χ0n) is 18.4. The van der Waals surface area contributed by atoms with Crippen molar-refractivity contribution in [3.8, 4) is 5.82 Å². The Morgan fingerprint density at radius 2 is 1.62 bits per heavy atom. The van der Waals surface area contributed by atoms with E-state index in [9.17, 15) is 8.42 Å². The highest BCUT2D eigenvalue weighted by Crippen LogP contribution is 2.27. The summed E-state index contributed by atoms with van der Waals surface area (Å²) >= 11 is 6.00. The maximum atomic E-state index is 13.1. The lowest BCUT2D eigenvalue weighted by atomic mass is 10.0. The SMILES string of the molecule is CN(C)C=NS(=O)(=O)c1cc(N=C(c2ccccc2)c2ccccc2)cnc1-n1cc(Cl)cn1. The lowest BCUT2D eigenvalue weighted by Gasteiger charge is -2.11. The normalized spacial score (nSPS) is 11.5. The van der Waals surface area contributed by atoms with Gasteiger partial charge in [0.05, 0.1) is 35.0 Å². The van der Waals surface area contributed by atoms with E-state index in [1.165, 1.54) is 40.6 Å². The quantitative estimate of drug-likeness (QED) is 0.282. The first-order valence-electron chi connectivity index (χ1n) is 10.2. The first-order chi connectivity index (χ1) is 16.3. The van der Waals surface area contributed by atoms with Crippen molar-refractivity contribution in [1.29, 1.82) is 0 Å². The van der Waals surface area contributed by atoms with E-state index >= 15 is 0 Å². The number of benzene rings is 2. The number of pyridine rings is 1. The molecule has 0 saturated carbocycles. The summed E-state index contributed by atoms with van der Waals surface area (Å²) in [6, 6.07) is 20.7. The summed E-state index contributed by atoms with van der Waals surface area (Å²) in [6.07, 6.45) is 5.58. The minimum Gasteiger partial charge on any atom is -0.368 e. The van der Waals surface area contributed by atoms with Gasteiger partial charge in [0.25, 0.3) is 10.0 Å². The van der Waals surface area contributed by atoms with Gasteiger partial charge < -0.3 is 4.90 Å². The number of nitrogens with zero attached hydrogens (tertiary/aromatic N) is 6. The molecule has 0 radical (unpaired) electrons. The molecule has 0 spiro atoms. The predicted octanol–water partition coefficient (Wildman–Crippen LogP) is 4.37. The fraction of sp³-hybridized carbons (Fsp3) is 0.0833. The van der Waals surface area contributed by atoms with Gasteiger partial charge >= 0.3 is 0 Å². The number of aliphatic imine (C=N–C) groups is 1. The molecule has 8 nitrogen and oxygen atoms in total. The number of hydrogen-bond acceptors (Lipinski definition) is 5. The number of aromatic nitrogens is 3. The molecule has 0 aliphatic rings. The molecule has 0 N–H and O–H groups in total. The summed E-state index contributed by atoms with van der Waals surface area (Å²) in [5, 5.41) is 4.45. The van der Waals surface area contributed by atoms with E-state index in [1.54, 1.807) is 14.1 Å². The third-order valence-corrected chi connectivity index (χ3v) is 6.04. The maximum absolute atomic E-state index is 13.1. The highest BCUT2D eigenvalue weighted by Gasteiger charge is 2.22. The standard InChI is InChI=1S/C24H21ClN6O2S/c1-30(2)17-28-34(32,33)22-13-21(15-26-24(22)31-16-20(25)14-27-31)29-23(18-9-5-3-6-10-18)19-11-7-4-8-12-19/h3-17H,1-2H3. The minimum absolute atomic E-state index is 0.0720. The first-order valence-corrected chi connectivity index (χ1v) is 12.0. The largest absolute Gasteiger partial charge is 0.368 e. The van der Waals surface area contributed by atoms with Crippen molar-refractivity contribution in [3.05, 3.63) is 101 Å². The van der Waals surface area contributed by atoms with Crippen molar-refractivity contribution < 1.29 is 8.42 Å². The van der Waals surface area contributed by atoms with Gasteiger partial charge in [0.2, 0.25) is 0 Å². The predicted molar refractivity (Wildman–Crippen MR) is 134 cm³/mol. The van der Waals surface area contributed by atoms with Crippen LogP contribution in [0.3, 0.4) is 0 Å². The van der Waals surface area contributed by atoms with Gasteiger partial charge in [-0.1, -0.05) is 72.3 Å². The van der Waals surface area contributed by atoms with Crippen LogP contribution in [0.15, 0.2) is 99.6 Å². The molecular weight excluding hydrogens is 472 g/mol. The molecule has 2 aromatic carbocycles. The topological polar surface area (TPSA) is 92.8 Å². The van der Waals surface area contributed by atoms with Crippen LogP contribution < -0.4 is 0 Å². The Kier molecular flexibility index (Phi) is 6.85. The van der Waals surface area contributed by atoms with Gasteiger partial charge in [-0.15, -0.1) is 4.40 Å². The zero-order chi connectivity index (χ0) is 24.1. The van der Waals surface area contributed by atoms with Crippen molar-refractivity contribution in [2.24, 2.45) is 9.39 Å². The van der Waals surface area contributed by atoms with Gasteiger partial charge in [0.1, 0.15) is 11.2 Å². The van der Waals surface area contributed by atoms with Crippen LogP contribution in [0, 0.1) is 0 Å². The van der Waals surface area contributed by atoms with Crippen molar-refractivity contribution in [3.63, 3.8) is 0 Å². The average Bonchev–Trinajstić information content (AvgIpc) is 3.28. The second-order valence-electron chi connectivity index (χ2n) is 7.47. The Hall–Kier alpha value is -3.82. The summed E-state index contributed by atoms with van der Waals surface area (Å²) < 4.78 is 31.3. The Balaban J connectivity index is 1.91. The van der Waals surface area contributed by atoms with Crippen molar-refractivity contribution in [1.82, 2.24) is 19.7 Å². The molecule has 0 aliphatic heterocycles. The van der Waals surface area contributed by atoms with Crippen LogP contribution in [0.2, 0.25) is 5.02 Å². The second-order valence-corrected chi connectivity index (χ2v) is 9.51. The van der Waals surface area contributed by atoms with Gasteiger partial charge in [-0.2, -0.15) is 13.5 Å². The van der Waals surface area contributed by atoms with Crippen molar-refractivity contribution >= 4 is 39.4 Å². The molecule has 10 heteroatoms. The van der Waals surface area contributed by atoms with Gasteiger partial charge in [-0.05, 0) is 6.07 Å². The minimum atomic E-state index is -4.12. The van der Waals surface area contributed by atoms with Crippen LogP contribution in [0.4, 0.5) is 5.69 Å². The molecule has 4 aromatic rings. The van der Waals surface area contributed by atoms with E-state index in [1.807, 2.05) is 60.7 Å². The number of rotatable bonds is 7. The Morgan fingerprint density at radius 1 is 1.00 bits per heavy atom. The highest BCUT2D eigenvalue weighted by molar-refractivity contribution is 7.90. The fourth-order valence-corrected chi connectivity index (χ4v) is 4.31. The van der Waals surface area contributed by atoms with E-state index in [0.717, 1.165) is 11.1 Å². The summed E-state index contributed by atoms with van der Waals surface area (Å²) in [5.74, 6) is 0.0720. The lowest BCUT2D eigenvalue weighted by Crippen LogP contribution is -2.12. The lowest BCUT2D eigenvalue weighted by molar-refractivity contribution is 0.593. The number of halogens is 1. The van der Waals surface area contributed by atoms with Crippen LogP contribution in [-0.4, -0.2) is 54.2 Å². The van der Waals surface area contributed by atoms with Crippen LogP contribution in [0.25, 0.3) is 5.82 Å². The fourth-order valence-electron chi connectivity index (χ4n) is 3.10. The van der Waals surface area contributed by atoms with Gasteiger partial charge in [-0.3, -0.25) is 0 Å². The maximum Gasteiger partial charge on any atom is 0.287 e. The van der Waals surface area contributed by atoms with Crippen LogP contribution in [-0.2, 0) is 10.0 Å². The van der Waals surface area contributed by atoms with Crippen molar-refractivity contribution in [2.45, 2.75) is 4.90 Å². The molecular formula is C24H21ClN6O2S. The second kappa shape index (κ2) is 9.98. The summed E-state index contributed by atoms with van der Waals surface area (Å²) in [5.41, 5.74) is 2.79. The number of hydrogen-bond donors (Lipinski definition) is 0. The van der Waals surface area contributed by atoms with E-state index in [-0.39, 0.29) is 10.7 Å². The van der Waals surface area contributed by atoms with E-state index in [4.69, 9.17) is 16.6 Å². The summed E-state index contributed by atoms with van der Waals surface area (Å²) in [4.78, 5) is 10.5. The summed E-state index contributed by atoms with van der Waals surface area (Å²) in [6.45, 7) is 0. The molecule has 34 heavy (non-hydrogen) atoms. The van der Waals surface area contributed by atoms with Gasteiger partial charge in [0.15, 0.2) is 5.82 Å². The van der Waals surface area contributed by atoms with E-state index in [2.05, 4.69) is 14.5 Å². The van der Waals surface area contributed by atoms with Crippen LogP contribution >= 0.6 is 11.6 Å². The van der Waals surface area contributed by atoms with Gasteiger partial charge in [-0.25, -0.2) is 14.7 Å². The Morgan fingerprint density at radius 3 is 2.15 bits per heavy atom. The number of sulfonamides is 1. The molecule has 0 fully saturated rings. The van der Waals surface area contributed by atoms with Crippen molar-refractivity contribution in [2.75, 3.05) is 14.1 Å². The van der Waals surface area contributed by atoms with Gasteiger partial charge in [0, 0.05) is 25.2 Å². The third kappa shape index (κ3) is 5.38. The van der Waals surface area contributed by atoms with Crippen LogP contribution in [0.5, 0.6) is 0 Å². The molecule has 0 amide bonds. The zero-order valence-corrected chi connectivity index (χ0v) is 20.0. The molecule has 0 atom stereocenters. The molecule has 4 rings (SSSR count). The molecule has 172 valence electrons. The smallest absolute Gasteiger partial charge is 0.287 e. The Bertz CT molecular complexity index is 1410. The molecule has 2 heterocycles. The average molecular weight is 493 g/mol. The molecule has 2 aromatic heterocycles. The molecule has 0 saturated heterocycles. The Labute approximate surface area is 203 Å². The third-order valence-electron chi connectivity index (χ3n) is 4.62. The monoisotopic (exact) mass is 492 g/mol. The van der Waals surface area contributed by atoms with Crippen LogP contribution in [0.1, 0.15) is 11.1 Å². The molecule has 0 aliphatic carbocycles. The van der Waals surface area contributed by atoms with E-state index < -0.39 is 10.0 Å².